The second kappa shape index (κ2) is 10.0. The van der Waals surface area contributed by atoms with Crippen molar-refractivity contribution in [3.05, 3.63) is 35.0 Å². The van der Waals surface area contributed by atoms with Gasteiger partial charge in [0, 0.05) is 18.7 Å². The van der Waals surface area contributed by atoms with Crippen LogP contribution < -0.4 is 4.74 Å². The number of likely N-dealkylation sites (tertiary alicyclic amines) is 1. The summed E-state index contributed by atoms with van der Waals surface area (Å²) in [4.78, 5) is 16.3. The Kier molecular flexibility index (Phi) is 7.07. The van der Waals surface area contributed by atoms with Gasteiger partial charge in [0.1, 0.15) is 11.4 Å². The first-order chi connectivity index (χ1) is 19.1. The number of amides is 1. The molecule has 9 nitrogen and oxygen atoms in total. The van der Waals surface area contributed by atoms with Crippen LogP contribution in [0.2, 0.25) is 0 Å². The third kappa shape index (κ3) is 5.38. The molecule has 0 bridgehead atoms. The van der Waals surface area contributed by atoms with E-state index in [1.165, 1.54) is 34.4 Å². The normalized spacial score (nSPS) is 19.7. The Morgan fingerprint density at radius 3 is 2.46 bits per heavy atom. The number of aryl methyl sites for hydroxylation is 2. The number of alkyl halides is 6. The molecule has 0 spiro atoms. The van der Waals surface area contributed by atoms with E-state index in [0.717, 1.165) is 0 Å². The topological polar surface area (TPSA) is 98.3 Å². The molecule has 0 saturated carbocycles. The van der Waals surface area contributed by atoms with Crippen molar-refractivity contribution >= 4 is 5.91 Å². The number of tetrazole rings is 1. The van der Waals surface area contributed by atoms with Gasteiger partial charge in [-0.3, -0.25) is 4.79 Å². The van der Waals surface area contributed by atoms with Crippen molar-refractivity contribution in [1.82, 2.24) is 29.7 Å². The van der Waals surface area contributed by atoms with E-state index in [9.17, 15) is 36.2 Å². The van der Waals surface area contributed by atoms with Gasteiger partial charge in [0.15, 0.2) is 0 Å². The summed E-state index contributed by atoms with van der Waals surface area (Å²) in [5.74, 6) is -0.137. The number of hydrogen-bond acceptors (Lipinski definition) is 6. The van der Waals surface area contributed by atoms with Gasteiger partial charge in [0.25, 0.3) is 5.91 Å². The molecule has 15 heteroatoms. The van der Waals surface area contributed by atoms with E-state index in [1.54, 1.807) is 19.2 Å². The van der Waals surface area contributed by atoms with Crippen LogP contribution in [0, 0.1) is 0 Å². The van der Waals surface area contributed by atoms with Gasteiger partial charge in [-0.05, 0) is 60.7 Å². The highest BCUT2D eigenvalue weighted by Crippen LogP contribution is 2.44. The van der Waals surface area contributed by atoms with Gasteiger partial charge in [-0.2, -0.15) is 31.1 Å². The zero-order valence-electron chi connectivity index (χ0n) is 22.5. The van der Waals surface area contributed by atoms with Crippen LogP contribution in [0.4, 0.5) is 26.3 Å². The number of hydrogen-bond donors (Lipinski definition) is 1. The smallest absolute Gasteiger partial charge is 0.393 e. The predicted octanol–water partition coefficient (Wildman–Crippen LogP) is 4.32. The van der Waals surface area contributed by atoms with Crippen molar-refractivity contribution in [3.8, 4) is 28.4 Å². The zero-order chi connectivity index (χ0) is 29.9. The van der Waals surface area contributed by atoms with Crippen LogP contribution in [-0.4, -0.2) is 78.3 Å². The fourth-order valence-electron chi connectivity index (χ4n) is 5.94. The van der Waals surface area contributed by atoms with E-state index in [0.29, 0.717) is 35.3 Å². The van der Waals surface area contributed by atoms with Crippen LogP contribution >= 0.6 is 0 Å². The zero-order valence-corrected chi connectivity index (χ0v) is 22.5. The Morgan fingerprint density at radius 2 is 1.85 bits per heavy atom. The van der Waals surface area contributed by atoms with Gasteiger partial charge in [-0.25, -0.2) is 0 Å². The average Bonchev–Trinajstić information content (AvgIpc) is 3.58. The number of ether oxygens (including phenoxy) is 1. The van der Waals surface area contributed by atoms with E-state index in [1.807, 2.05) is 0 Å². The molecular formula is C26H28F6N6O3. The number of halogens is 6. The third-order valence-electron chi connectivity index (χ3n) is 7.89. The van der Waals surface area contributed by atoms with E-state index >= 15 is 0 Å². The van der Waals surface area contributed by atoms with Gasteiger partial charge in [-0.15, -0.1) is 10.2 Å². The van der Waals surface area contributed by atoms with Crippen LogP contribution in [0.3, 0.4) is 0 Å². The van der Waals surface area contributed by atoms with Crippen LogP contribution in [0.5, 0.6) is 5.75 Å². The summed E-state index contributed by atoms with van der Waals surface area (Å²) in [6.45, 7) is 1.60. The maximum absolute atomic E-state index is 13.9. The van der Waals surface area contributed by atoms with E-state index in [4.69, 9.17) is 4.74 Å². The van der Waals surface area contributed by atoms with Crippen LogP contribution in [-0.2, 0) is 26.4 Å². The minimum atomic E-state index is -4.66. The monoisotopic (exact) mass is 586 g/mol. The number of methoxy groups -OCH3 is 1. The summed E-state index contributed by atoms with van der Waals surface area (Å²) in [5, 5.41) is 22.5. The SMILES string of the molecule is COc1cc2c(cc1-c1nnn(C)n1)-c1c(CC(F)(F)F)cc(C(=O)N3CCC[C@@]3(C)[C@@H](O)CC(F)(F)F)n1CC2. The molecular weight excluding hydrogens is 558 g/mol. The highest BCUT2D eigenvalue weighted by molar-refractivity contribution is 5.96. The summed E-state index contributed by atoms with van der Waals surface area (Å²) < 4.78 is 87.6. The van der Waals surface area contributed by atoms with Crippen molar-refractivity contribution in [2.45, 2.75) is 69.6 Å². The molecule has 1 saturated heterocycles. The number of benzene rings is 1. The van der Waals surface area contributed by atoms with Crippen LogP contribution in [0.15, 0.2) is 18.2 Å². The molecule has 2 aliphatic heterocycles. The summed E-state index contributed by atoms with van der Waals surface area (Å²) in [7, 11) is 3.00. The van der Waals surface area contributed by atoms with E-state index in [2.05, 4.69) is 15.4 Å². The van der Waals surface area contributed by atoms with Crippen molar-refractivity contribution in [2.75, 3.05) is 13.7 Å². The maximum atomic E-state index is 13.9. The first kappa shape index (κ1) is 28.9. The largest absolute Gasteiger partial charge is 0.496 e. The first-order valence-corrected chi connectivity index (χ1v) is 12.9. The number of fused-ring (bicyclic) bond motifs is 3. The highest BCUT2D eigenvalue weighted by atomic mass is 19.4. The lowest BCUT2D eigenvalue weighted by Crippen LogP contribution is -2.54. The number of aliphatic hydroxyl groups excluding tert-OH is 1. The molecule has 1 aromatic carbocycles. The summed E-state index contributed by atoms with van der Waals surface area (Å²) in [6.07, 6.45) is -13.2. The van der Waals surface area contributed by atoms with E-state index < -0.39 is 42.7 Å². The quantitative estimate of drug-likeness (QED) is 0.432. The molecule has 222 valence electrons. The Bertz CT molecular complexity index is 1480. The lowest BCUT2D eigenvalue weighted by Gasteiger charge is -2.39. The van der Waals surface area contributed by atoms with Gasteiger partial charge < -0.3 is 19.3 Å². The first-order valence-electron chi connectivity index (χ1n) is 12.9. The molecule has 0 radical (unpaired) electrons. The molecule has 2 atom stereocenters. The number of nitrogens with zero attached hydrogens (tertiary/aromatic N) is 6. The molecule has 0 unspecified atom stereocenters. The minimum Gasteiger partial charge on any atom is -0.496 e. The van der Waals surface area contributed by atoms with Crippen molar-refractivity contribution in [3.63, 3.8) is 0 Å². The molecule has 4 heterocycles. The van der Waals surface area contributed by atoms with Crippen molar-refractivity contribution < 1.29 is 41.0 Å². The van der Waals surface area contributed by atoms with Crippen LogP contribution in [0.25, 0.3) is 22.6 Å². The minimum absolute atomic E-state index is 0.0651. The van der Waals surface area contributed by atoms with Crippen LogP contribution in [0.1, 0.15) is 47.8 Å². The number of carbonyl (C=O) groups excluding carboxylic acids is 1. The summed E-state index contributed by atoms with van der Waals surface area (Å²) in [6, 6.07) is 4.47. The Hall–Kier alpha value is -3.62. The lowest BCUT2D eigenvalue weighted by molar-refractivity contribution is -0.166. The fourth-order valence-corrected chi connectivity index (χ4v) is 5.94. The average molecular weight is 587 g/mol. The van der Waals surface area contributed by atoms with Gasteiger partial charge in [0.2, 0.25) is 5.82 Å². The second-order valence-corrected chi connectivity index (χ2v) is 10.7. The highest BCUT2D eigenvalue weighted by Gasteiger charge is 2.49. The van der Waals surface area contributed by atoms with Crippen molar-refractivity contribution in [1.29, 1.82) is 0 Å². The Balaban J connectivity index is 1.63. The van der Waals surface area contributed by atoms with Crippen molar-refractivity contribution in [2.24, 2.45) is 7.05 Å². The second-order valence-electron chi connectivity index (χ2n) is 10.7. The predicted molar refractivity (Wildman–Crippen MR) is 133 cm³/mol. The molecule has 1 amide bonds. The Labute approximate surface area is 230 Å². The molecule has 3 aromatic rings. The molecule has 2 aliphatic rings. The van der Waals surface area contributed by atoms with Gasteiger partial charge in [-0.1, -0.05) is 0 Å². The molecule has 1 fully saturated rings. The maximum Gasteiger partial charge on any atom is 0.393 e. The lowest BCUT2D eigenvalue weighted by atomic mass is 9.89. The summed E-state index contributed by atoms with van der Waals surface area (Å²) >= 11 is 0. The molecule has 5 rings (SSSR count). The molecule has 0 aliphatic carbocycles. The Morgan fingerprint density at radius 1 is 1.12 bits per heavy atom. The molecule has 2 aromatic heterocycles. The van der Waals surface area contributed by atoms with Gasteiger partial charge >= 0.3 is 12.4 Å². The van der Waals surface area contributed by atoms with E-state index in [-0.39, 0.29) is 42.3 Å². The van der Waals surface area contributed by atoms with Gasteiger partial charge in [0.05, 0.1) is 49.9 Å². The standard InChI is InChI=1S/C26H28F6N6O3/c1-24(20(39)13-26(30,31)32)6-4-7-38(24)23(40)18-9-15(12-25(27,28)29)21-16-11-17(22-33-35-36(2)34-22)19(41-3)10-14(16)5-8-37(18)21/h9-11,20,39H,4-8,12-13H2,1-3H3/t20-,24-/m0/s1. The third-order valence-corrected chi connectivity index (χ3v) is 7.89. The number of aromatic nitrogens is 5. The molecule has 41 heavy (non-hydrogen) atoms. The number of aliphatic hydroxyl groups is 1. The summed E-state index contributed by atoms with van der Waals surface area (Å²) in [5.41, 5.74) is -0.0763. The molecule has 1 N–H and O–H groups in total. The fraction of sp³-hybridized carbons (Fsp3) is 0.538. The number of carbonyl (C=O) groups is 1. The number of rotatable bonds is 6.